The Morgan fingerprint density at radius 2 is 2.11 bits per heavy atom. The van der Waals surface area contributed by atoms with Crippen molar-refractivity contribution < 1.29 is 9.53 Å². The van der Waals surface area contributed by atoms with Crippen LogP contribution in [0.2, 0.25) is 0 Å². The highest BCUT2D eigenvalue weighted by molar-refractivity contribution is 5.82. The fourth-order valence-corrected chi connectivity index (χ4v) is 0.869. The Hall–Kier alpha value is -0.790. The molecular weight excluding hydrogens is 116 g/mol. The minimum Gasteiger partial charge on any atom is -0.430 e. The summed E-state index contributed by atoms with van der Waals surface area (Å²) in [5.41, 5.74) is 1.10. The molecule has 0 aromatic carbocycles. The van der Waals surface area contributed by atoms with E-state index in [1.165, 1.54) is 0 Å². The quantitative estimate of drug-likeness (QED) is 0.459. The number of carbonyl (C=O) groups is 1. The van der Waals surface area contributed by atoms with Crippen molar-refractivity contribution in [2.75, 3.05) is 0 Å². The normalized spacial score (nSPS) is 25.0. The SMILES string of the molecule is CC(C)=C1OC(=O)C1C. The molecular formula is C7H10O2. The van der Waals surface area contributed by atoms with Crippen molar-refractivity contribution in [3.8, 4) is 0 Å². The van der Waals surface area contributed by atoms with Crippen molar-refractivity contribution in [2.45, 2.75) is 20.8 Å². The Balaban J connectivity index is 2.73. The van der Waals surface area contributed by atoms with Gasteiger partial charge in [-0.15, -0.1) is 0 Å². The van der Waals surface area contributed by atoms with Crippen molar-refractivity contribution in [3.63, 3.8) is 0 Å². The molecule has 0 radical (unpaired) electrons. The number of hydrogen-bond donors (Lipinski definition) is 0. The van der Waals surface area contributed by atoms with Crippen LogP contribution in [-0.2, 0) is 9.53 Å². The van der Waals surface area contributed by atoms with E-state index in [4.69, 9.17) is 4.74 Å². The summed E-state index contributed by atoms with van der Waals surface area (Å²) in [5.74, 6) is 0.751. The number of hydrogen-bond acceptors (Lipinski definition) is 2. The molecule has 0 aromatic heterocycles. The Kier molecular flexibility index (Phi) is 1.31. The molecule has 1 atom stereocenters. The summed E-state index contributed by atoms with van der Waals surface area (Å²) in [5, 5.41) is 0. The topological polar surface area (TPSA) is 26.3 Å². The lowest BCUT2D eigenvalue weighted by Gasteiger charge is -2.25. The van der Waals surface area contributed by atoms with Crippen molar-refractivity contribution in [1.82, 2.24) is 0 Å². The van der Waals surface area contributed by atoms with E-state index in [0.29, 0.717) is 0 Å². The summed E-state index contributed by atoms with van der Waals surface area (Å²) in [6.07, 6.45) is 0. The molecule has 0 bridgehead atoms. The summed E-state index contributed by atoms with van der Waals surface area (Å²) in [4.78, 5) is 10.5. The average molecular weight is 126 g/mol. The number of allylic oxidation sites excluding steroid dienone is 1. The molecule has 0 aliphatic carbocycles. The first-order valence-electron chi connectivity index (χ1n) is 3.02. The second-order valence-electron chi connectivity index (χ2n) is 2.51. The Bertz CT molecular complexity index is 175. The second kappa shape index (κ2) is 1.87. The van der Waals surface area contributed by atoms with Gasteiger partial charge < -0.3 is 4.74 Å². The fourth-order valence-electron chi connectivity index (χ4n) is 0.869. The largest absolute Gasteiger partial charge is 0.430 e. The maximum Gasteiger partial charge on any atom is 0.321 e. The molecule has 0 aromatic rings. The zero-order chi connectivity index (χ0) is 7.02. The Labute approximate surface area is 54.5 Å². The first-order valence-corrected chi connectivity index (χ1v) is 3.02. The number of carbonyl (C=O) groups excluding carboxylic acids is 1. The van der Waals surface area contributed by atoms with Gasteiger partial charge in [0.1, 0.15) is 11.7 Å². The lowest BCUT2D eigenvalue weighted by molar-refractivity contribution is -0.156. The van der Waals surface area contributed by atoms with Gasteiger partial charge in [0.25, 0.3) is 0 Å². The van der Waals surface area contributed by atoms with Crippen LogP contribution in [0.25, 0.3) is 0 Å². The predicted molar refractivity (Wildman–Crippen MR) is 33.6 cm³/mol. The smallest absolute Gasteiger partial charge is 0.321 e. The first kappa shape index (κ1) is 6.33. The van der Waals surface area contributed by atoms with Crippen LogP contribution < -0.4 is 0 Å². The summed E-state index contributed by atoms with van der Waals surface area (Å²) >= 11 is 0. The molecule has 0 saturated carbocycles. The van der Waals surface area contributed by atoms with Crippen LogP contribution in [0.15, 0.2) is 11.3 Å². The van der Waals surface area contributed by atoms with E-state index in [1.807, 2.05) is 20.8 Å². The van der Waals surface area contributed by atoms with Crippen LogP contribution in [-0.4, -0.2) is 5.97 Å². The van der Waals surface area contributed by atoms with Gasteiger partial charge in [-0.2, -0.15) is 0 Å². The minimum atomic E-state index is -0.105. The van der Waals surface area contributed by atoms with E-state index in [0.717, 1.165) is 11.3 Å². The highest BCUT2D eigenvalue weighted by Crippen LogP contribution is 2.28. The van der Waals surface area contributed by atoms with Gasteiger partial charge in [-0.05, 0) is 26.3 Å². The van der Waals surface area contributed by atoms with Crippen LogP contribution in [0, 0.1) is 5.92 Å². The number of cyclic esters (lactones) is 1. The predicted octanol–water partition coefficient (Wildman–Crippen LogP) is 1.47. The maximum atomic E-state index is 10.5. The average Bonchev–Trinajstić information content (AvgIpc) is 1.81. The van der Waals surface area contributed by atoms with Gasteiger partial charge in [0.2, 0.25) is 0 Å². The molecule has 9 heavy (non-hydrogen) atoms. The molecule has 2 heteroatoms. The highest BCUT2D eigenvalue weighted by Gasteiger charge is 2.33. The molecule has 1 unspecified atom stereocenters. The summed E-state index contributed by atoms with van der Waals surface area (Å²) in [6.45, 7) is 5.74. The van der Waals surface area contributed by atoms with Gasteiger partial charge in [-0.25, -0.2) is 0 Å². The van der Waals surface area contributed by atoms with Crippen LogP contribution in [0.5, 0.6) is 0 Å². The molecule has 1 saturated heterocycles. The van der Waals surface area contributed by atoms with Gasteiger partial charge >= 0.3 is 5.97 Å². The van der Waals surface area contributed by atoms with Crippen LogP contribution in [0.1, 0.15) is 20.8 Å². The number of ether oxygens (including phenoxy) is 1. The molecule has 1 aliphatic heterocycles. The molecule has 1 heterocycles. The maximum absolute atomic E-state index is 10.5. The summed E-state index contributed by atoms with van der Waals surface area (Å²) in [7, 11) is 0. The van der Waals surface area contributed by atoms with Crippen LogP contribution >= 0.6 is 0 Å². The second-order valence-corrected chi connectivity index (χ2v) is 2.51. The fraction of sp³-hybridized carbons (Fsp3) is 0.571. The van der Waals surface area contributed by atoms with Gasteiger partial charge in [0.05, 0.1) is 0 Å². The van der Waals surface area contributed by atoms with Crippen LogP contribution in [0.4, 0.5) is 0 Å². The monoisotopic (exact) mass is 126 g/mol. The van der Waals surface area contributed by atoms with E-state index in [2.05, 4.69) is 0 Å². The van der Waals surface area contributed by atoms with Crippen molar-refractivity contribution >= 4 is 5.97 Å². The number of rotatable bonds is 0. The zero-order valence-corrected chi connectivity index (χ0v) is 5.89. The summed E-state index contributed by atoms with van der Waals surface area (Å²) < 4.78 is 4.75. The Morgan fingerprint density at radius 3 is 2.22 bits per heavy atom. The van der Waals surface area contributed by atoms with Crippen molar-refractivity contribution in [3.05, 3.63) is 11.3 Å². The van der Waals surface area contributed by atoms with Gasteiger partial charge in [-0.3, -0.25) is 4.79 Å². The van der Waals surface area contributed by atoms with Crippen LogP contribution in [0.3, 0.4) is 0 Å². The van der Waals surface area contributed by atoms with Crippen molar-refractivity contribution in [1.29, 1.82) is 0 Å². The van der Waals surface area contributed by atoms with Crippen molar-refractivity contribution in [2.24, 2.45) is 5.92 Å². The van der Waals surface area contributed by atoms with Gasteiger partial charge in [0, 0.05) is 0 Å². The third-order valence-corrected chi connectivity index (χ3v) is 1.45. The molecule has 0 amide bonds. The van der Waals surface area contributed by atoms with E-state index in [-0.39, 0.29) is 11.9 Å². The minimum absolute atomic E-state index is 0.00926. The van der Waals surface area contributed by atoms with E-state index in [9.17, 15) is 4.79 Å². The molecule has 0 spiro atoms. The van der Waals surface area contributed by atoms with E-state index >= 15 is 0 Å². The lowest BCUT2D eigenvalue weighted by Crippen LogP contribution is -2.30. The third kappa shape index (κ3) is 0.846. The Morgan fingerprint density at radius 1 is 1.56 bits per heavy atom. The highest BCUT2D eigenvalue weighted by atomic mass is 16.6. The first-order chi connectivity index (χ1) is 4.13. The molecule has 0 N–H and O–H groups in total. The van der Waals surface area contributed by atoms with E-state index in [1.54, 1.807) is 0 Å². The molecule has 50 valence electrons. The third-order valence-electron chi connectivity index (χ3n) is 1.45. The lowest BCUT2D eigenvalue weighted by atomic mass is 10.0. The summed E-state index contributed by atoms with van der Waals surface area (Å²) in [6, 6.07) is 0. The molecule has 2 nitrogen and oxygen atoms in total. The van der Waals surface area contributed by atoms with Gasteiger partial charge in [-0.1, -0.05) is 0 Å². The van der Waals surface area contributed by atoms with E-state index < -0.39 is 0 Å². The van der Waals surface area contributed by atoms with Gasteiger partial charge in [0.15, 0.2) is 0 Å². The molecule has 1 aliphatic rings. The number of esters is 1. The molecule has 1 fully saturated rings. The zero-order valence-electron chi connectivity index (χ0n) is 5.89. The standard InChI is InChI=1S/C7H10O2/c1-4(2)6-5(3)7(8)9-6/h5H,1-3H3. The molecule has 1 rings (SSSR count).